The maximum Gasteiger partial charge on any atom is 0.335 e. The zero-order valence-electron chi connectivity index (χ0n) is 18.0. The lowest BCUT2D eigenvalue weighted by atomic mass is 10.1. The smallest absolute Gasteiger partial charge is 0.283 e. The molecule has 2 aromatic rings. The molecule has 2 aliphatic heterocycles. The Bertz CT molecular complexity index is 1200. The molecule has 0 bridgehead atoms. The Balaban J connectivity index is 1.21. The molecule has 0 spiro atoms. The van der Waals surface area contributed by atoms with Gasteiger partial charge in [0, 0.05) is 31.1 Å². The van der Waals surface area contributed by atoms with Gasteiger partial charge in [0.05, 0.1) is 18.1 Å². The van der Waals surface area contributed by atoms with Crippen LogP contribution in [0.25, 0.3) is 0 Å². The molecule has 0 saturated carbocycles. The number of piperazine rings is 1. The summed E-state index contributed by atoms with van der Waals surface area (Å²) in [5, 5.41) is 1.84. The van der Waals surface area contributed by atoms with Crippen LogP contribution in [0.5, 0.6) is 0 Å². The van der Waals surface area contributed by atoms with Crippen LogP contribution in [0.2, 0.25) is 0 Å². The lowest BCUT2D eigenvalue weighted by Gasteiger charge is -2.35. The van der Waals surface area contributed by atoms with Crippen molar-refractivity contribution < 1.29 is 22.8 Å². The molecule has 1 aromatic carbocycles. The van der Waals surface area contributed by atoms with Gasteiger partial charge < -0.3 is 0 Å². The van der Waals surface area contributed by atoms with E-state index < -0.39 is 27.9 Å². The van der Waals surface area contributed by atoms with Crippen LogP contribution in [-0.2, 0) is 39.0 Å². The molecule has 174 valence electrons. The number of carbonyl (C=O) groups is 3. The van der Waals surface area contributed by atoms with Crippen molar-refractivity contribution in [1.29, 1.82) is 0 Å². The number of amides is 4. The van der Waals surface area contributed by atoms with E-state index in [4.69, 9.17) is 0 Å². The van der Waals surface area contributed by atoms with Gasteiger partial charge in [-0.25, -0.2) is 18.1 Å². The van der Waals surface area contributed by atoms with Gasteiger partial charge >= 0.3 is 17.8 Å². The van der Waals surface area contributed by atoms with Gasteiger partial charge in [-0.15, -0.1) is 11.3 Å². The fourth-order valence-corrected chi connectivity index (χ4v) is 6.71. The summed E-state index contributed by atoms with van der Waals surface area (Å²) in [6, 6.07) is 8.38. The number of hydrogen-bond donors (Lipinski definition) is 0. The third kappa shape index (κ3) is 4.10. The number of nitrogens with zero attached hydrogens (tertiary/aromatic N) is 4. The molecule has 2 fully saturated rings. The fourth-order valence-electron chi connectivity index (χ4n) is 4.54. The van der Waals surface area contributed by atoms with Crippen molar-refractivity contribution >= 4 is 39.2 Å². The molecule has 0 radical (unpaired) electrons. The largest absolute Gasteiger partial charge is 0.335 e. The molecule has 0 atom stereocenters. The minimum Gasteiger partial charge on any atom is -0.283 e. The standard InChI is InChI=1S/C22H24N4O5S2/c27-20-21(28)26(22(29)25(20)14-18-5-2-12-32-18)15-23-8-10-24(11-9-23)33(30,31)19-7-6-16-3-1-4-17(16)13-19/h2,5-7,12-13H,1,3-4,8-11,14-15H2. The highest BCUT2D eigenvalue weighted by atomic mass is 32.2. The van der Waals surface area contributed by atoms with Crippen LogP contribution in [0.4, 0.5) is 4.79 Å². The lowest BCUT2D eigenvalue weighted by Crippen LogP contribution is -2.52. The van der Waals surface area contributed by atoms with Gasteiger partial charge in [0.15, 0.2) is 0 Å². The number of urea groups is 1. The van der Waals surface area contributed by atoms with Gasteiger partial charge in [0.1, 0.15) is 0 Å². The number of sulfonamides is 1. The Kier molecular flexibility index (Phi) is 5.81. The van der Waals surface area contributed by atoms with Crippen LogP contribution in [0.1, 0.15) is 22.4 Å². The van der Waals surface area contributed by atoms with Crippen molar-refractivity contribution in [3.63, 3.8) is 0 Å². The van der Waals surface area contributed by atoms with Gasteiger partial charge in [-0.2, -0.15) is 4.31 Å². The van der Waals surface area contributed by atoms with Crippen LogP contribution >= 0.6 is 11.3 Å². The van der Waals surface area contributed by atoms with Crippen molar-refractivity contribution in [1.82, 2.24) is 19.0 Å². The Morgan fingerprint density at radius 1 is 0.879 bits per heavy atom. The molecule has 3 heterocycles. The molecule has 4 amide bonds. The van der Waals surface area contributed by atoms with E-state index in [0.717, 1.165) is 39.5 Å². The van der Waals surface area contributed by atoms with E-state index in [2.05, 4.69) is 0 Å². The van der Waals surface area contributed by atoms with Crippen molar-refractivity contribution in [2.75, 3.05) is 32.8 Å². The molecule has 0 unspecified atom stereocenters. The van der Waals surface area contributed by atoms with E-state index in [1.54, 1.807) is 18.2 Å². The molecule has 3 aliphatic rings. The Morgan fingerprint density at radius 3 is 2.33 bits per heavy atom. The summed E-state index contributed by atoms with van der Waals surface area (Å²) >= 11 is 1.41. The Labute approximate surface area is 196 Å². The second-order valence-corrected chi connectivity index (χ2v) is 11.4. The van der Waals surface area contributed by atoms with Gasteiger partial charge in [0.25, 0.3) is 0 Å². The number of carbonyl (C=O) groups excluding carboxylic acids is 3. The van der Waals surface area contributed by atoms with Gasteiger partial charge in [-0.05, 0) is 54.0 Å². The number of aryl methyl sites for hydroxylation is 2. The predicted molar refractivity (Wildman–Crippen MR) is 121 cm³/mol. The first-order chi connectivity index (χ1) is 15.8. The average molecular weight is 489 g/mol. The van der Waals surface area contributed by atoms with Crippen molar-refractivity contribution in [2.24, 2.45) is 0 Å². The molecular weight excluding hydrogens is 464 g/mol. The first-order valence-electron chi connectivity index (χ1n) is 10.9. The van der Waals surface area contributed by atoms with Crippen molar-refractivity contribution in [3.8, 4) is 0 Å². The van der Waals surface area contributed by atoms with Crippen molar-refractivity contribution in [3.05, 3.63) is 51.7 Å². The SMILES string of the molecule is O=C1C(=O)N(CN2CCN(S(=O)(=O)c3ccc4c(c3)CCC4)CC2)C(=O)N1Cc1cccs1. The molecule has 11 heteroatoms. The molecule has 5 rings (SSSR count). The number of fused-ring (bicyclic) bond motifs is 1. The Hall–Kier alpha value is -2.60. The zero-order chi connectivity index (χ0) is 23.2. The van der Waals surface area contributed by atoms with Crippen LogP contribution in [0.3, 0.4) is 0 Å². The first kappa shape index (κ1) is 22.2. The monoisotopic (exact) mass is 488 g/mol. The van der Waals surface area contributed by atoms with E-state index in [1.165, 1.54) is 21.2 Å². The molecule has 33 heavy (non-hydrogen) atoms. The molecule has 0 N–H and O–H groups in total. The van der Waals surface area contributed by atoms with Gasteiger partial charge in [-0.1, -0.05) is 12.1 Å². The van der Waals surface area contributed by atoms with Crippen LogP contribution in [0, 0.1) is 0 Å². The molecular formula is C22H24N4O5S2. The number of hydrogen-bond acceptors (Lipinski definition) is 7. The van der Waals surface area contributed by atoms with E-state index in [1.807, 2.05) is 22.4 Å². The maximum absolute atomic E-state index is 13.1. The first-order valence-corrected chi connectivity index (χ1v) is 13.2. The highest BCUT2D eigenvalue weighted by Crippen LogP contribution is 2.27. The highest BCUT2D eigenvalue weighted by molar-refractivity contribution is 7.89. The van der Waals surface area contributed by atoms with Gasteiger partial charge in [-0.3, -0.25) is 19.4 Å². The number of benzene rings is 1. The summed E-state index contributed by atoms with van der Waals surface area (Å²) in [6.45, 7) is 1.27. The van der Waals surface area contributed by atoms with Crippen LogP contribution in [-0.4, -0.2) is 78.1 Å². The summed E-state index contributed by atoms with van der Waals surface area (Å²) in [4.78, 5) is 42.3. The maximum atomic E-state index is 13.1. The summed E-state index contributed by atoms with van der Waals surface area (Å²) in [5.74, 6) is -1.67. The van der Waals surface area contributed by atoms with Crippen LogP contribution in [0.15, 0.2) is 40.6 Å². The topological polar surface area (TPSA) is 98.3 Å². The van der Waals surface area contributed by atoms with Gasteiger partial charge in [0.2, 0.25) is 10.0 Å². The zero-order valence-corrected chi connectivity index (χ0v) is 19.6. The molecule has 2 saturated heterocycles. The molecule has 1 aromatic heterocycles. The third-order valence-electron chi connectivity index (χ3n) is 6.41. The summed E-state index contributed by atoms with van der Waals surface area (Å²) in [5.41, 5.74) is 2.33. The highest BCUT2D eigenvalue weighted by Gasteiger charge is 2.45. The second-order valence-electron chi connectivity index (χ2n) is 8.43. The predicted octanol–water partition coefficient (Wildman–Crippen LogP) is 1.49. The van der Waals surface area contributed by atoms with E-state index in [9.17, 15) is 22.8 Å². The minimum absolute atomic E-state index is 0.0307. The quantitative estimate of drug-likeness (QED) is 0.451. The molecule has 9 nitrogen and oxygen atoms in total. The van der Waals surface area contributed by atoms with Crippen LogP contribution < -0.4 is 0 Å². The van der Waals surface area contributed by atoms with E-state index in [0.29, 0.717) is 18.0 Å². The Morgan fingerprint density at radius 2 is 1.61 bits per heavy atom. The summed E-state index contributed by atoms with van der Waals surface area (Å²) in [6.07, 6.45) is 2.96. The number of thiophene rings is 1. The normalized spacial score (nSPS) is 20.2. The van der Waals surface area contributed by atoms with Crippen molar-refractivity contribution in [2.45, 2.75) is 30.7 Å². The average Bonchev–Trinajstić information content (AvgIpc) is 3.54. The van der Waals surface area contributed by atoms with E-state index >= 15 is 0 Å². The number of imide groups is 2. The minimum atomic E-state index is -3.60. The lowest BCUT2D eigenvalue weighted by molar-refractivity contribution is -0.144. The summed E-state index contributed by atoms with van der Waals surface area (Å²) < 4.78 is 27.7. The second kappa shape index (κ2) is 8.64. The molecule has 1 aliphatic carbocycles. The van der Waals surface area contributed by atoms with E-state index in [-0.39, 0.29) is 26.3 Å². The fraction of sp³-hybridized carbons (Fsp3) is 0.409. The number of rotatable bonds is 6. The third-order valence-corrected chi connectivity index (χ3v) is 9.17. The summed E-state index contributed by atoms with van der Waals surface area (Å²) in [7, 11) is -3.60.